The van der Waals surface area contributed by atoms with Crippen molar-refractivity contribution in [2.75, 3.05) is 0 Å². The molecule has 1 N–H and O–H groups in total. The van der Waals surface area contributed by atoms with E-state index in [0.29, 0.717) is 24.2 Å². The molecule has 3 nitrogen and oxygen atoms in total. The first-order valence-corrected chi connectivity index (χ1v) is 11.5. The third-order valence-corrected chi connectivity index (χ3v) is 6.06. The number of hydrogen-bond donors (Lipinski definition) is 1. The SMILES string of the molecule is Cc1cc(C=NCc2cccc3ccccc23)c(O)c(C=NCc2cccc3ccccc23)c1. The van der Waals surface area contributed by atoms with E-state index in [9.17, 15) is 5.11 Å². The van der Waals surface area contributed by atoms with Gasteiger partial charge in [-0.25, -0.2) is 0 Å². The van der Waals surface area contributed by atoms with Gasteiger partial charge in [0.2, 0.25) is 0 Å². The van der Waals surface area contributed by atoms with Crippen LogP contribution in [0.4, 0.5) is 0 Å². The Kier molecular flexibility index (Phi) is 6.17. The van der Waals surface area contributed by atoms with Gasteiger partial charge in [-0.1, -0.05) is 84.9 Å². The van der Waals surface area contributed by atoms with Crippen molar-refractivity contribution in [3.05, 3.63) is 125 Å². The summed E-state index contributed by atoms with van der Waals surface area (Å²) in [6.07, 6.45) is 3.51. The lowest BCUT2D eigenvalue weighted by Crippen LogP contribution is -1.93. The zero-order chi connectivity index (χ0) is 23.3. The van der Waals surface area contributed by atoms with Crippen molar-refractivity contribution in [1.29, 1.82) is 0 Å². The van der Waals surface area contributed by atoms with Crippen LogP contribution in [0.2, 0.25) is 0 Å². The second kappa shape index (κ2) is 9.72. The molecule has 0 aliphatic rings. The minimum atomic E-state index is 0.203. The van der Waals surface area contributed by atoms with E-state index in [2.05, 4.69) is 70.6 Å². The van der Waals surface area contributed by atoms with Crippen LogP contribution in [0.25, 0.3) is 21.5 Å². The molecule has 5 aromatic carbocycles. The van der Waals surface area contributed by atoms with E-state index in [0.717, 1.165) is 5.56 Å². The monoisotopic (exact) mass is 442 g/mol. The van der Waals surface area contributed by atoms with Crippen LogP contribution in [0, 0.1) is 6.92 Å². The van der Waals surface area contributed by atoms with Crippen LogP contribution < -0.4 is 0 Å². The van der Waals surface area contributed by atoms with Gasteiger partial charge in [-0.05, 0) is 57.3 Å². The molecule has 0 unspecified atom stereocenters. The Hall–Kier alpha value is -4.24. The minimum Gasteiger partial charge on any atom is -0.507 e. The van der Waals surface area contributed by atoms with Gasteiger partial charge in [0.05, 0.1) is 13.1 Å². The summed E-state index contributed by atoms with van der Waals surface area (Å²) >= 11 is 0. The predicted octanol–water partition coefficient (Wildman–Crippen LogP) is 7.25. The fourth-order valence-electron chi connectivity index (χ4n) is 4.38. The van der Waals surface area contributed by atoms with Crippen LogP contribution in [-0.2, 0) is 13.1 Å². The molecule has 34 heavy (non-hydrogen) atoms. The highest BCUT2D eigenvalue weighted by atomic mass is 16.3. The Labute approximate surface area is 199 Å². The van der Waals surface area contributed by atoms with Crippen LogP contribution in [0.5, 0.6) is 5.75 Å². The smallest absolute Gasteiger partial charge is 0.133 e. The number of rotatable bonds is 6. The first-order valence-electron chi connectivity index (χ1n) is 11.5. The molecule has 0 atom stereocenters. The van der Waals surface area contributed by atoms with Gasteiger partial charge >= 0.3 is 0 Å². The summed E-state index contributed by atoms with van der Waals surface area (Å²) in [4.78, 5) is 9.28. The normalized spacial score (nSPS) is 11.8. The molecule has 0 aliphatic carbocycles. The molecule has 0 fully saturated rings. The molecule has 0 aliphatic heterocycles. The van der Waals surface area contributed by atoms with Crippen LogP contribution in [-0.4, -0.2) is 17.5 Å². The Morgan fingerprint density at radius 1 is 0.618 bits per heavy atom. The second-order valence-corrected chi connectivity index (χ2v) is 8.51. The molecule has 0 radical (unpaired) electrons. The van der Waals surface area contributed by atoms with Gasteiger partial charge in [0.15, 0.2) is 0 Å². The molecule has 0 heterocycles. The van der Waals surface area contributed by atoms with Crippen molar-refractivity contribution in [3.8, 4) is 5.75 Å². The summed E-state index contributed by atoms with van der Waals surface area (Å²) in [5, 5.41) is 15.7. The van der Waals surface area contributed by atoms with E-state index in [1.165, 1.54) is 32.7 Å². The van der Waals surface area contributed by atoms with Crippen molar-refractivity contribution in [2.45, 2.75) is 20.0 Å². The zero-order valence-electron chi connectivity index (χ0n) is 19.1. The number of nitrogens with zero attached hydrogens (tertiary/aromatic N) is 2. The standard InChI is InChI=1S/C31H26N2O/c1-22-16-27(20-32-18-25-12-6-10-23-8-2-4-14-29(23)25)31(34)28(17-22)21-33-19-26-13-7-11-24-9-3-5-15-30(24)26/h2-17,20-21,34H,18-19H2,1H3. The highest BCUT2D eigenvalue weighted by Gasteiger charge is 2.07. The van der Waals surface area contributed by atoms with Gasteiger partial charge in [-0.2, -0.15) is 0 Å². The average molecular weight is 443 g/mol. The molecular weight excluding hydrogens is 416 g/mol. The second-order valence-electron chi connectivity index (χ2n) is 8.51. The maximum Gasteiger partial charge on any atom is 0.133 e. The Morgan fingerprint density at radius 3 is 1.56 bits per heavy atom. The number of aryl methyl sites for hydroxylation is 1. The third-order valence-electron chi connectivity index (χ3n) is 6.06. The molecule has 5 aromatic rings. The van der Waals surface area contributed by atoms with Crippen molar-refractivity contribution >= 4 is 34.0 Å². The van der Waals surface area contributed by atoms with Crippen molar-refractivity contribution < 1.29 is 5.11 Å². The summed E-state index contributed by atoms with van der Waals surface area (Å²) in [5.74, 6) is 0.203. The van der Waals surface area contributed by atoms with E-state index in [-0.39, 0.29) is 5.75 Å². The van der Waals surface area contributed by atoms with Gasteiger partial charge < -0.3 is 5.11 Å². The molecule has 0 bridgehead atoms. The molecule has 3 heteroatoms. The molecule has 5 rings (SSSR count). The molecule has 0 saturated heterocycles. The summed E-state index contributed by atoms with van der Waals surface area (Å²) < 4.78 is 0. The van der Waals surface area contributed by atoms with Gasteiger partial charge in [0, 0.05) is 23.6 Å². The van der Waals surface area contributed by atoms with E-state index < -0.39 is 0 Å². The van der Waals surface area contributed by atoms with Crippen LogP contribution in [0.15, 0.2) is 107 Å². The predicted molar refractivity (Wildman–Crippen MR) is 143 cm³/mol. The van der Waals surface area contributed by atoms with Crippen LogP contribution >= 0.6 is 0 Å². The number of benzene rings is 5. The first-order chi connectivity index (χ1) is 16.7. The maximum absolute atomic E-state index is 10.9. The number of aliphatic imine (C=N–C) groups is 2. The van der Waals surface area contributed by atoms with E-state index >= 15 is 0 Å². The fourth-order valence-corrected chi connectivity index (χ4v) is 4.38. The largest absolute Gasteiger partial charge is 0.507 e. The third kappa shape index (κ3) is 4.60. The summed E-state index contributed by atoms with van der Waals surface area (Å²) in [6, 6.07) is 33.1. The highest BCUT2D eigenvalue weighted by molar-refractivity contribution is 5.93. The molecule has 0 spiro atoms. The molecule has 0 saturated carbocycles. The Bertz CT molecular complexity index is 1410. The highest BCUT2D eigenvalue weighted by Crippen LogP contribution is 2.24. The van der Waals surface area contributed by atoms with E-state index in [1.807, 2.05) is 43.3 Å². The Morgan fingerprint density at radius 2 is 1.06 bits per heavy atom. The molecular formula is C31H26N2O. The van der Waals surface area contributed by atoms with Crippen molar-refractivity contribution in [1.82, 2.24) is 0 Å². The van der Waals surface area contributed by atoms with Gasteiger partial charge in [-0.15, -0.1) is 0 Å². The minimum absolute atomic E-state index is 0.203. The number of hydrogen-bond acceptors (Lipinski definition) is 3. The molecule has 0 aromatic heterocycles. The number of fused-ring (bicyclic) bond motifs is 2. The van der Waals surface area contributed by atoms with Crippen LogP contribution in [0.1, 0.15) is 27.8 Å². The van der Waals surface area contributed by atoms with Crippen molar-refractivity contribution in [2.24, 2.45) is 9.98 Å². The summed E-state index contributed by atoms with van der Waals surface area (Å²) in [7, 11) is 0. The van der Waals surface area contributed by atoms with Crippen LogP contribution in [0.3, 0.4) is 0 Å². The first kappa shape index (κ1) is 21.6. The lowest BCUT2D eigenvalue weighted by Gasteiger charge is -2.07. The average Bonchev–Trinajstić information content (AvgIpc) is 2.87. The number of phenols is 1. The number of phenolic OH excluding ortho intramolecular Hbond substituents is 1. The fraction of sp³-hybridized carbons (Fsp3) is 0.0968. The van der Waals surface area contributed by atoms with Crippen molar-refractivity contribution in [3.63, 3.8) is 0 Å². The van der Waals surface area contributed by atoms with Gasteiger partial charge in [0.1, 0.15) is 5.75 Å². The zero-order valence-corrected chi connectivity index (χ0v) is 19.1. The number of aromatic hydroxyl groups is 1. The summed E-state index contributed by atoms with van der Waals surface area (Å²) in [6.45, 7) is 3.13. The lowest BCUT2D eigenvalue weighted by molar-refractivity contribution is 0.473. The summed E-state index contributed by atoms with van der Waals surface area (Å²) in [5.41, 5.74) is 4.78. The molecule has 166 valence electrons. The maximum atomic E-state index is 10.9. The quantitative estimate of drug-likeness (QED) is 0.277. The van der Waals surface area contributed by atoms with Gasteiger partial charge in [-0.3, -0.25) is 9.98 Å². The lowest BCUT2D eigenvalue weighted by atomic mass is 10.0. The van der Waals surface area contributed by atoms with E-state index in [1.54, 1.807) is 12.4 Å². The Balaban J connectivity index is 1.36. The van der Waals surface area contributed by atoms with Gasteiger partial charge in [0.25, 0.3) is 0 Å². The van der Waals surface area contributed by atoms with E-state index in [4.69, 9.17) is 0 Å². The molecule has 0 amide bonds. The topological polar surface area (TPSA) is 45.0 Å².